The Morgan fingerprint density at radius 3 is 2.57 bits per heavy atom. The van der Waals surface area contributed by atoms with E-state index in [1.54, 1.807) is 0 Å². The summed E-state index contributed by atoms with van der Waals surface area (Å²) in [5.41, 5.74) is 2.06. The van der Waals surface area contributed by atoms with Crippen LogP contribution < -0.4 is 5.32 Å². The molecule has 2 heterocycles. The van der Waals surface area contributed by atoms with E-state index < -0.39 is 0 Å². The lowest BCUT2D eigenvalue weighted by atomic mass is 10.1. The first-order valence-corrected chi connectivity index (χ1v) is 9.21. The first kappa shape index (κ1) is 17.1. The molecule has 1 atom stereocenters. The van der Waals surface area contributed by atoms with Gasteiger partial charge in [-0.2, -0.15) is 5.10 Å². The van der Waals surface area contributed by atoms with Gasteiger partial charge in [0.25, 0.3) is 0 Å². The Balaban J connectivity index is 2.50. The molecule has 7 heteroatoms. The minimum atomic E-state index is -0.0131. The normalized spacial score (nSPS) is 12.6. The number of aromatic nitrogens is 3. The van der Waals surface area contributed by atoms with E-state index in [9.17, 15) is 0 Å². The van der Waals surface area contributed by atoms with E-state index in [1.807, 2.05) is 23.1 Å². The van der Waals surface area contributed by atoms with Crippen LogP contribution in [0.4, 0.5) is 0 Å². The molecule has 1 unspecified atom stereocenters. The largest absolute Gasteiger partial charge is 0.304 e. The maximum Gasteiger partial charge on any atom is 0.0944 e. The SMILES string of the molecule is CCCn1ncc(Br)c1C(NCC)c1ncc(Br)cc1Br. The number of halogens is 3. The first-order valence-electron chi connectivity index (χ1n) is 6.84. The predicted molar refractivity (Wildman–Crippen MR) is 95.4 cm³/mol. The van der Waals surface area contributed by atoms with Gasteiger partial charge in [0, 0.05) is 21.7 Å². The van der Waals surface area contributed by atoms with Crippen molar-refractivity contribution in [2.75, 3.05) is 6.54 Å². The van der Waals surface area contributed by atoms with Gasteiger partial charge < -0.3 is 5.32 Å². The number of pyridine rings is 1. The quantitative estimate of drug-likeness (QED) is 0.653. The highest BCUT2D eigenvalue weighted by atomic mass is 79.9. The van der Waals surface area contributed by atoms with Crippen molar-refractivity contribution in [2.45, 2.75) is 32.9 Å². The van der Waals surface area contributed by atoms with Crippen molar-refractivity contribution < 1.29 is 0 Å². The molecule has 0 amide bonds. The summed E-state index contributed by atoms with van der Waals surface area (Å²) in [6.45, 7) is 5.97. The van der Waals surface area contributed by atoms with Gasteiger partial charge in [0.05, 0.1) is 28.1 Å². The van der Waals surface area contributed by atoms with Crippen molar-refractivity contribution in [2.24, 2.45) is 0 Å². The third-order valence-electron chi connectivity index (χ3n) is 3.06. The lowest BCUT2D eigenvalue weighted by Gasteiger charge is -2.21. The summed E-state index contributed by atoms with van der Waals surface area (Å²) in [7, 11) is 0. The molecule has 0 bridgehead atoms. The molecule has 2 aromatic heterocycles. The molecule has 21 heavy (non-hydrogen) atoms. The van der Waals surface area contributed by atoms with Crippen molar-refractivity contribution >= 4 is 47.8 Å². The summed E-state index contributed by atoms with van der Waals surface area (Å²) in [4.78, 5) is 4.58. The van der Waals surface area contributed by atoms with E-state index in [1.165, 1.54) is 0 Å². The highest BCUT2D eigenvalue weighted by molar-refractivity contribution is 9.11. The van der Waals surface area contributed by atoms with Crippen LogP contribution in [-0.2, 0) is 6.54 Å². The van der Waals surface area contributed by atoms with Crippen LogP contribution in [-0.4, -0.2) is 21.3 Å². The number of rotatable bonds is 6. The zero-order valence-corrected chi connectivity index (χ0v) is 16.7. The van der Waals surface area contributed by atoms with Crippen molar-refractivity contribution in [3.05, 3.63) is 43.3 Å². The molecule has 2 rings (SSSR count). The second-order valence-corrected chi connectivity index (χ2v) is 7.24. The van der Waals surface area contributed by atoms with Gasteiger partial charge in [-0.15, -0.1) is 0 Å². The minimum absolute atomic E-state index is 0.0131. The van der Waals surface area contributed by atoms with E-state index in [0.717, 1.165) is 44.3 Å². The van der Waals surface area contributed by atoms with Crippen LogP contribution in [0.2, 0.25) is 0 Å². The second kappa shape index (κ2) is 7.85. The molecular formula is C14H17Br3N4. The molecule has 0 aliphatic carbocycles. The van der Waals surface area contributed by atoms with E-state index in [-0.39, 0.29) is 6.04 Å². The highest BCUT2D eigenvalue weighted by Crippen LogP contribution is 2.32. The fourth-order valence-electron chi connectivity index (χ4n) is 2.21. The fourth-order valence-corrected chi connectivity index (χ4v) is 3.96. The van der Waals surface area contributed by atoms with Gasteiger partial charge in [0.2, 0.25) is 0 Å². The van der Waals surface area contributed by atoms with Gasteiger partial charge in [-0.05, 0) is 66.8 Å². The molecule has 0 fully saturated rings. The molecule has 0 spiro atoms. The third kappa shape index (κ3) is 3.94. The Morgan fingerprint density at radius 1 is 1.19 bits per heavy atom. The van der Waals surface area contributed by atoms with Crippen LogP contribution in [0.5, 0.6) is 0 Å². The zero-order chi connectivity index (χ0) is 15.4. The summed E-state index contributed by atoms with van der Waals surface area (Å²) in [5, 5.41) is 7.96. The fraction of sp³-hybridized carbons (Fsp3) is 0.429. The van der Waals surface area contributed by atoms with Crippen LogP contribution >= 0.6 is 47.8 Å². The van der Waals surface area contributed by atoms with Crippen molar-refractivity contribution in [1.82, 2.24) is 20.1 Å². The Kier molecular flexibility index (Phi) is 6.40. The van der Waals surface area contributed by atoms with Crippen LogP contribution in [0.15, 0.2) is 31.9 Å². The number of nitrogens with one attached hydrogen (secondary N) is 1. The van der Waals surface area contributed by atoms with Crippen molar-refractivity contribution in [3.8, 4) is 0 Å². The van der Waals surface area contributed by atoms with Gasteiger partial charge in [-0.1, -0.05) is 13.8 Å². The molecule has 4 nitrogen and oxygen atoms in total. The Hall–Kier alpha value is -0.240. The maximum atomic E-state index is 4.58. The Bertz CT molecular complexity index is 612. The summed E-state index contributed by atoms with van der Waals surface area (Å²) < 4.78 is 4.96. The lowest BCUT2D eigenvalue weighted by molar-refractivity contribution is 0.512. The van der Waals surface area contributed by atoms with Crippen LogP contribution in [0, 0.1) is 0 Å². The molecule has 114 valence electrons. The van der Waals surface area contributed by atoms with E-state index in [4.69, 9.17) is 0 Å². The lowest BCUT2D eigenvalue weighted by Crippen LogP contribution is -2.26. The molecule has 1 N–H and O–H groups in total. The van der Waals surface area contributed by atoms with E-state index in [0.29, 0.717) is 0 Å². The molecule has 0 aromatic carbocycles. The molecule has 0 radical (unpaired) electrons. The van der Waals surface area contributed by atoms with Gasteiger partial charge in [-0.3, -0.25) is 9.67 Å². The highest BCUT2D eigenvalue weighted by Gasteiger charge is 2.24. The van der Waals surface area contributed by atoms with Crippen LogP contribution in [0.1, 0.15) is 37.7 Å². The summed E-state index contributed by atoms with van der Waals surface area (Å²) in [5.74, 6) is 0. The average molecular weight is 481 g/mol. The zero-order valence-electron chi connectivity index (χ0n) is 11.9. The topological polar surface area (TPSA) is 42.7 Å². The number of nitrogens with zero attached hydrogens (tertiary/aromatic N) is 3. The van der Waals surface area contributed by atoms with Crippen molar-refractivity contribution in [1.29, 1.82) is 0 Å². The number of hydrogen-bond acceptors (Lipinski definition) is 3. The molecule has 0 aliphatic rings. The van der Waals surface area contributed by atoms with Gasteiger partial charge in [-0.25, -0.2) is 0 Å². The van der Waals surface area contributed by atoms with Gasteiger partial charge in [0.1, 0.15) is 0 Å². The summed E-state index contributed by atoms with van der Waals surface area (Å²) in [6, 6.07) is 2.00. The smallest absolute Gasteiger partial charge is 0.0944 e. The number of aryl methyl sites for hydroxylation is 1. The summed E-state index contributed by atoms with van der Waals surface area (Å²) >= 11 is 10.7. The first-order chi connectivity index (χ1) is 10.1. The van der Waals surface area contributed by atoms with E-state index >= 15 is 0 Å². The van der Waals surface area contributed by atoms with Crippen LogP contribution in [0.25, 0.3) is 0 Å². The molecule has 0 saturated carbocycles. The van der Waals surface area contributed by atoms with Gasteiger partial charge >= 0.3 is 0 Å². The van der Waals surface area contributed by atoms with E-state index in [2.05, 4.69) is 77.0 Å². The monoisotopic (exact) mass is 478 g/mol. The predicted octanol–water partition coefficient (Wildman–Crippen LogP) is 4.67. The molecular weight excluding hydrogens is 464 g/mol. The third-order valence-corrected chi connectivity index (χ3v) is 4.74. The molecule has 2 aromatic rings. The molecule has 0 saturated heterocycles. The minimum Gasteiger partial charge on any atom is -0.304 e. The molecule has 0 aliphatic heterocycles. The second-order valence-electron chi connectivity index (χ2n) is 4.61. The van der Waals surface area contributed by atoms with Crippen LogP contribution in [0.3, 0.4) is 0 Å². The Labute approximate surface area is 150 Å². The van der Waals surface area contributed by atoms with Gasteiger partial charge in [0.15, 0.2) is 0 Å². The number of hydrogen-bond donors (Lipinski definition) is 1. The average Bonchev–Trinajstić information content (AvgIpc) is 2.79. The Morgan fingerprint density at radius 2 is 1.95 bits per heavy atom. The maximum absolute atomic E-state index is 4.58. The van der Waals surface area contributed by atoms with Crippen molar-refractivity contribution in [3.63, 3.8) is 0 Å². The standard InChI is InChI=1S/C14H17Br3N4/c1-3-5-21-14(11(17)8-20-21)13(18-4-2)12-10(16)6-9(15)7-19-12/h6-8,13,18H,3-5H2,1-2H3. The summed E-state index contributed by atoms with van der Waals surface area (Å²) in [6.07, 6.45) is 4.70.